The lowest BCUT2D eigenvalue weighted by Crippen LogP contribution is -2.18. The molecule has 4 nitrogen and oxygen atoms in total. The molecule has 0 bridgehead atoms. The third-order valence-electron chi connectivity index (χ3n) is 4.07. The summed E-state index contributed by atoms with van der Waals surface area (Å²) in [6, 6.07) is 17.9. The fourth-order valence-corrected chi connectivity index (χ4v) is 3.39. The lowest BCUT2D eigenvalue weighted by molar-refractivity contribution is 0.0954. The molecule has 132 valence electrons. The fraction of sp³-hybridized carbons (Fsp3) is 0.190. The number of hydrogen-bond donors (Lipinski definition) is 1. The Morgan fingerprint density at radius 1 is 1.12 bits per heavy atom. The minimum atomic E-state index is -0.185. The molecule has 0 saturated carbocycles. The summed E-state index contributed by atoms with van der Waals surface area (Å²) >= 11 is 1.75. The van der Waals surface area contributed by atoms with Crippen molar-refractivity contribution in [2.75, 3.05) is 0 Å². The van der Waals surface area contributed by atoms with Crippen LogP contribution in [0.5, 0.6) is 0 Å². The average Bonchev–Trinajstić information content (AvgIpc) is 2.70. The smallest absolute Gasteiger partial charge is 0.267 e. The summed E-state index contributed by atoms with van der Waals surface area (Å²) in [6.45, 7) is 3.89. The lowest BCUT2D eigenvalue weighted by atomic mass is 10.1. The number of nitrogens with one attached hydrogen (secondary N) is 1. The molecule has 0 spiro atoms. The number of carbonyl (C=O) groups excluding carboxylic acids is 1. The highest BCUT2D eigenvalue weighted by molar-refractivity contribution is 7.98. The molecule has 0 unspecified atom stereocenters. The number of fused-ring (bicyclic) bond motifs is 1. The van der Waals surface area contributed by atoms with E-state index in [0.29, 0.717) is 5.56 Å². The van der Waals surface area contributed by atoms with Crippen LogP contribution < -0.4 is 5.43 Å². The number of carbonyl (C=O) groups is 1. The van der Waals surface area contributed by atoms with E-state index in [9.17, 15) is 4.79 Å². The van der Waals surface area contributed by atoms with E-state index in [2.05, 4.69) is 39.8 Å². The monoisotopic (exact) mass is 363 g/mol. The number of nitrogens with zero attached hydrogens (tertiary/aromatic N) is 2. The van der Waals surface area contributed by atoms with Gasteiger partial charge in [0, 0.05) is 33.5 Å². The molecule has 1 amide bonds. The maximum atomic E-state index is 12.1. The van der Waals surface area contributed by atoms with Crippen molar-refractivity contribution in [1.29, 1.82) is 0 Å². The van der Waals surface area contributed by atoms with Gasteiger partial charge in [0.05, 0.1) is 5.52 Å². The molecule has 0 aliphatic rings. The molecule has 0 saturated heterocycles. The minimum absolute atomic E-state index is 0.185. The van der Waals surface area contributed by atoms with Crippen LogP contribution in [-0.4, -0.2) is 16.6 Å². The van der Waals surface area contributed by atoms with E-state index in [1.807, 2.05) is 50.4 Å². The Bertz CT molecular complexity index is 930. The normalized spacial score (nSPS) is 11.5. The first-order valence-corrected chi connectivity index (χ1v) is 9.55. The molecule has 0 radical (unpaired) electrons. The number of hydrazone groups is 1. The number of amides is 1. The number of para-hydroxylation sites is 1. The van der Waals surface area contributed by atoms with Gasteiger partial charge in [-0.1, -0.05) is 37.3 Å². The van der Waals surface area contributed by atoms with Crippen molar-refractivity contribution in [1.82, 2.24) is 10.4 Å². The second-order valence-electron chi connectivity index (χ2n) is 5.96. The van der Waals surface area contributed by atoms with Crippen LogP contribution in [0.3, 0.4) is 0 Å². The van der Waals surface area contributed by atoms with Gasteiger partial charge in [-0.15, -0.1) is 11.8 Å². The molecule has 1 heterocycles. The van der Waals surface area contributed by atoms with Gasteiger partial charge in [0.1, 0.15) is 0 Å². The second-order valence-corrected chi connectivity index (χ2v) is 6.98. The zero-order valence-electron chi connectivity index (χ0n) is 14.9. The van der Waals surface area contributed by atoms with Crippen molar-refractivity contribution in [3.8, 4) is 0 Å². The summed E-state index contributed by atoms with van der Waals surface area (Å²) in [5.74, 6) is 0.639. The maximum Gasteiger partial charge on any atom is 0.271 e. The zero-order valence-corrected chi connectivity index (χ0v) is 15.7. The molecule has 26 heavy (non-hydrogen) atoms. The molecular weight excluding hydrogens is 342 g/mol. The number of benzene rings is 2. The van der Waals surface area contributed by atoms with Crippen LogP contribution in [0, 0.1) is 0 Å². The van der Waals surface area contributed by atoms with Crippen LogP contribution >= 0.6 is 11.8 Å². The summed E-state index contributed by atoms with van der Waals surface area (Å²) in [7, 11) is 0. The zero-order chi connectivity index (χ0) is 18.4. The van der Waals surface area contributed by atoms with Crippen molar-refractivity contribution in [3.63, 3.8) is 0 Å². The molecule has 0 atom stereocenters. The molecular formula is C21H21N3OS. The first-order chi connectivity index (χ1) is 12.7. The predicted molar refractivity (Wildman–Crippen MR) is 109 cm³/mol. The molecule has 0 fully saturated rings. The van der Waals surface area contributed by atoms with Crippen LogP contribution in [0.2, 0.25) is 0 Å². The quantitative estimate of drug-likeness (QED) is 0.379. The highest BCUT2D eigenvalue weighted by atomic mass is 32.2. The molecule has 2 aromatic carbocycles. The van der Waals surface area contributed by atoms with Crippen LogP contribution in [0.15, 0.2) is 70.8 Å². The van der Waals surface area contributed by atoms with Crippen molar-refractivity contribution in [3.05, 3.63) is 71.9 Å². The Labute approximate surface area is 157 Å². The van der Waals surface area contributed by atoms with E-state index in [1.165, 1.54) is 0 Å². The largest absolute Gasteiger partial charge is 0.271 e. The first kappa shape index (κ1) is 18.1. The molecule has 0 aliphatic heterocycles. The topological polar surface area (TPSA) is 54.4 Å². The molecule has 1 N–H and O–H groups in total. The summed E-state index contributed by atoms with van der Waals surface area (Å²) in [6.07, 6.45) is 2.64. The van der Waals surface area contributed by atoms with Crippen LogP contribution in [0.4, 0.5) is 0 Å². The highest BCUT2D eigenvalue weighted by Gasteiger charge is 2.06. The van der Waals surface area contributed by atoms with Crippen LogP contribution in [0.1, 0.15) is 36.2 Å². The minimum Gasteiger partial charge on any atom is -0.267 e. The van der Waals surface area contributed by atoms with E-state index in [1.54, 1.807) is 11.8 Å². The summed E-state index contributed by atoms with van der Waals surface area (Å²) in [5.41, 5.74) is 6.28. The Balaban J connectivity index is 1.65. The molecule has 3 aromatic rings. The summed E-state index contributed by atoms with van der Waals surface area (Å²) < 4.78 is 0. The Morgan fingerprint density at radius 2 is 1.88 bits per heavy atom. The Hall–Kier alpha value is -2.66. The number of pyridine rings is 1. The Morgan fingerprint density at radius 3 is 2.65 bits per heavy atom. The number of thioether (sulfide) groups is 1. The van der Waals surface area contributed by atoms with Gasteiger partial charge in [-0.2, -0.15) is 5.10 Å². The van der Waals surface area contributed by atoms with Gasteiger partial charge in [0.25, 0.3) is 5.91 Å². The summed E-state index contributed by atoms with van der Waals surface area (Å²) in [5, 5.41) is 5.20. The van der Waals surface area contributed by atoms with E-state index in [4.69, 9.17) is 0 Å². The van der Waals surface area contributed by atoms with Crippen molar-refractivity contribution < 1.29 is 4.79 Å². The maximum absolute atomic E-state index is 12.1. The highest BCUT2D eigenvalue weighted by Crippen LogP contribution is 2.28. The van der Waals surface area contributed by atoms with Crippen LogP contribution in [-0.2, 0) is 5.75 Å². The molecule has 3 rings (SSSR count). The van der Waals surface area contributed by atoms with E-state index in [0.717, 1.165) is 39.2 Å². The fourth-order valence-electron chi connectivity index (χ4n) is 2.40. The first-order valence-electron chi connectivity index (χ1n) is 8.56. The third-order valence-corrected chi connectivity index (χ3v) is 5.18. The second kappa shape index (κ2) is 8.63. The van der Waals surface area contributed by atoms with E-state index in [-0.39, 0.29) is 5.91 Å². The standard InChI is InChI=1S/C21H21N3OS/c1-3-15(2)23-24-21(25)18-11-9-16(10-12-18)14-26-19-8-4-6-17-7-5-13-22-20(17)19/h4-13H,3,14H2,1-2H3,(H,24,25)/b23-15+. The van der Waals surface area contributed by atoms with Crippen LogP contribution in [0.25, 0.3) is 10.9 Å². The van der Waals surface area contributed by atoms with Gasteiger partial charge in [0.2, 0.25) is 0 Å². The van der Waals surface area contributed by atoms with Gasteiger partial charge in [-0.05, 0) is 43.2 Å². The number of hydrogen-bond acceptors (Lipinski definition) is 4. The predicted octanol–water partition coefficient (Wildman–Crippen LogP) is 5.04. The van der Waals surface area contributed by atoms with E-state index < -0.39 is 0 Å². The van der Waals surface area contributed by atoms with Gasteiger partial charge >= 0.3 is 0 Å². The van der Waals surface area contributed by atoms with Gasteiger partial charge in [0.15, 0.2) is 0 Å². The van der Waals surface area contributed by atoms with Gasteiger partial charge in [-0.25, -0.2) is 5.43 Å². The number of rotatable bonds is 6. The van der Waals surface area contributed by atoms with Crippen molar-refractivity contribution in [2.45, 2.75) is 30.9 Å². The van der Waals surface area contributed by atoms with Crippen molar-refractivity contribution >= 4 is 34.3 Å². The van der Waals surface area contributed by atoms with Crippen molar-refractivity contribution in [2.24, 2.45) is 5.10 Å². The summed E-state index contributed by atoms with van der Waals surface area (Å²) in [4.78, 5) is 17.7. The molecule has 1 aromatic heterocycles. The Kier molecular flexibility index (Phi) is 6.02. The SMILES string of the molecule is CC/C(C)=N/NC(=O)c1ccc(CSc2cccc3cccnc23)cc1. The average molecular weight is 363 g/mol. The molecule has 5 heteroatoms. The molecule has 0 aliphatic carbocycles. The van der Waals surface area contributed by atoms with E-state index >= 15 is 0 Å². The third kappa shape index (κ3) is 4.49. The van der Waals surface area contributed by atoms with Gasteiger partial charge in [-0.3, -0.25) is 9.78 Å². The lowest BCUT2D eigenvalue weighted by Gasteiger charge is -2.06. The number of aromatic nitrogens is 1. The van der Waals surface area contributed by atoms with Gasteiger partial charge < -0.3 is 0 Å².